The summed E-state index contributed by atoms with van der Waals surface area (Å²) in [6.07, 6.45) is 3.11. The fourth-order valence-corrected chi connectivity index (χ4v) is 2.46. The van der Waals surface area contributed by atoms with Crippen LogP contribution in [0, 0.1) is 17.2 Å². The molecule has 0 bridgehead atoms. The molecule has 1 aliphatic carbocycles. The molecule has 94 valence electrons. The highest BCUT2D eigenvalue weighted by molar-refractivity contribution is 5.40. The van der Waals surface area contributed by atoms with E-state index >= 15 is 0 Å². The number of hydrogen-bond donors (Lipinski definition) is 0. The largest absolute Gasteiger partial charge is 0.371 e. The fourth-order valence-electron chi connectivity index (χ4n) is 2.46. The van der Waals surface area contributed by atoms with Crippen LogP contribution in [-0.2, 0) is 4.74 Å². The Morgan fingerprint density at radius 1 is 1.33 bits per heavy atom. The van der Waals surface area contributed by atoms with Crippen LogP contribution >= 0.6 is 0 Å². The van der Waals surface area contributed by atoms with Gasteiger partial charge in [-0.3, -0.25) is 0 Å². The van der Waals surface area contributed by atoms with Crippen LogP contribution in [0.3, 0.4) is 0 Å². The highest BCUT2D eigenvalue weighted by Gasteiger charge is 2.37. The Kier molecular flexibility index (Phi) is 2.88. The van der Waals surface area contributed by atoms with Crippen molar-refractivity contribution in [2.24, 2.45) is 5.92 Å². The quantitative estimate of drug-likeness (QED) is 0.786. The molecule has 2 heterocycles. The van der Waals surface area contributed by atoms with Gasteiger partial charge >= 0.3 is 0 Å². The van der Waals surface area contributed by atoms with Crippen LogP contribution in [0.1, 0.15) is 25.5 Å². The Balaban J connectivity index is 1.75. The molecule has 5 nitrogen and oxygen atoms in total. The minimum Gasteiger partial charge on any atom is -0.371 e. The van der Waals surface area contributed by atoms with E-state index in [0.717, 1.165) is 24.8 Å². The molecule has 0 aromatic carbocycles. The Morgan fingerprint density at radius 2 is 2.17 bits per heavy atom. The van der Waals surface area contributed by atoms with Gasteiger partial charge in [0.15, 0.2) is 11.5 Å². The van der Waals surface area contributed by atoms with Gasteiger partial charge in [0.1, 0.15) is 6.07 Å². The molecular formula is C13H16N4O. The van der Waals surface area contributed by atoms with E-state index in [9.17, 15) is 0 Å². The lowest BCUT2D eigenvalue weighted by Crippen LogP contribution is -2.47. The average molecular weight is 244 g/mol. The first kappa shape index (κ1) is 11.4. The molecule has 3 rings (SSSR count). The summed E-state index contributed by atoms with van der Waals surface area (Å²) in [5.41, 5.74) is 0.360. The Bertz CT molecular complexity index is 463. The third kappa shape index (κ3) is 2.29. The van der Waals surface area contributed by atoms with Crippen LogP contribution in [0.2, 0.25) is 0 Å². The summed E-state index contributed by atoms with van der Waals surface area (Å²) >= 11 is 0. The number of rotatable bonds is 2. The maximum absolute atomic E-state index is 8.72. The lowest BCUT2D eigenvalue weighted by atomic mass is 10.1. The van der Waals surface area contributed by atoms with Crippen molar-refractivity contribution in [1.82, 2.24) is 10.2 Å². The Labute approximate surface area is 106 Å². The zero-order chi connectivity index (χ0) is 12.5. The van der Waals surface area contributed by atoms with Gasteiger partial charge in [0.25, 0.3) is 0 Å². The predicted molar refractivity (Wildman–Crippen MR) is 66.0 cm³/mol. The second-order valence-corrected chi connectivity index (χ2v) is 5.12. The zero-order valence-electron chi connectivity index (χ0n) is 10.4. The molecule has 5 heteroatoms. The first-order valence-electron chi connectivity index (χ1n) is 6.40. The van der Waals surface area contributed by atoms with E-state index in [1.807, 2.05) is 12.1 Å². The van der Waals surface area contributed by atoms with Crippen LogP contribution in [0.4, 0.5) is 5.82 Å². The molecule has 1 aromatic rings. The second kappa shape index (κ2) is 4.54. The number of anilines is 1. The molecule has 0 amide bonds. The smallest absolute Gasteiger partial charge is 0.163 e. The molecule has 2 fully saturated rings. The predicted octanol–water partition coefficient (Wildman–Crippen LogP) is 1.35. The van der Waals surface area contributed by atoms with Crippen molar-refractivity contribution in [3.05, 3.63) is 17.8 Å². The SMILES string of the molecule is C[C@H]1CN(c2ccc(C#N)nn2)C[C@H](C2CC2)O1. The molecular weight excluding hydrogens is 228 g/mol. The van der Waals surface area contributed by atoms with E-state index < -0.39 is 0 Å². The summed E-state index contributed by atoms with van der Waals surface area (Å²) < 4.78 is 5.96. The van der Waals surface area contributed by atoms with Crippen LogP contribution in [0.25, 0.3) is 0 Å². The maximum atomic E-state index is 8.72. The van der Waals surface area contributed by atoms with E-state index in [4.69, 9.17) is 10.00 Å². The van der Waals surface area contributed by atoms with Crippen molar-refractivity contribution in [1.29, 1.82) is 5.26 Å². The van der Waals surface area contributed by atoms with Gasteiger partial charge < -0.3 is 9.64 Å². The zero-order valence-corrected chi connectivity index (χ0v) is 10.4. The summed E-state index contributed by atoms with van der Waals surface area (Å²) in [6.45, 7) is 3.82. The lowest BCUT2D eigenvalue weighted by molar-refractivity contribution is -0.0274. The maximum Gasteiger partial charge on any atom is 0.163 e. The van der Waals surface area contributed by atoms with Gasteiger partial charge in [-0.05, 0) is 37.8 Å². The number of nitrogens with zero attached hydrogens (tertiary/aromatic N) is 4. The van der Waals surface area contributed by atoms with Crippen LogP contribution in [0.5, 0.6) is 0 Å². The van der Waals surface area contributed by atoms with Crippen molar-refractivity contribution >= 4 is 5.82 Å². The summed E-state index contributed by atoms with van der Waals surface area (Å²) in [4.78, 5) is 2.21. The highest BCUT2D eigenvalue weighted by Crippen LogP contribution is 2.37. The number of aromatic nitrogens is 2. The number of hydrogen-bond acceptors (Lipinski definition) is 5. The van der Waals surface area contributed by atoms with Crippen molar-refractivity contribution in [3.63, 3.8) is 0 Å². The molecule has 0 N–H and O–H groups in total. The van der Waals surface area contributed by atoms with Gasteiger partial charge in [-0.1, -0.05) is 0 Å². The first-order valence-corrected chi connectivity index (χ1v) is 6.40. The molecule has 2 aliphatic rings. The van der Waals surface area contributed by atoms with Crippen LogP contribution in [-0.4, -0.2) is 35.5 Å². The van der Waals surface area contributed by atoms with Gasteiger partial charge in [0, 0.05) is 13.1 Å². The standard InChI is InChI=1S/C13H16N4O/c1-9-7-17(8-12(18-9)10-2-3-10)13-5-4-11(6-14)15-16-13/h4-5,9-10,12H,2-3,7-8H2,1H3/t9-,12+/m0/s1. The fraction of sp³-hybridized carbons (Fsp3) is 0.615. The number of morpholine rings is 1. The number of nitriles is 1. The summed E-state index contributed by atoms with van der Waals surface area (Å²) in [5, 5.41) is 16.7. The van der Waals surface area contributed by atoms with Crippen LogP contribution < -0.4 is 4.90 Å². The van der Waals surface area contributed by atoms with E-state index in [0.29, 0.717) is 11.8 Å². The van der Waals surface area contributed by atoms with Gasteiger partial charge in [0.2, 0.25) is 0 Å². The number of ether oxygens (including phenoxy) is 1. The second-order valence-electron chi connectivity index (χ2n) is 5.12. The van der Waals surface area contributed by atoms with Gasteiger partial charge in [-0.25, -0.2) is 0 Å². The lowest BCUT2D eigenvalue weighted by Gasteiger charge is -2.37. The minimum absolute atomic E-state index is 0.224. The van der Waals surface area contributed by atoms with Crippen molar-refractivity contribution in [2.75, 3.05) is 18.0 Å². The Morgan fingerprint density at radius 3 is 2.78 bits per heavy atom. The normalized spacial score (nSPS) is 27.9. The third-order valence-corrected chi connectivity index (χ3v) is 3.52. The molecule has 0 unspecified atom stereocenters. The van der Waals surface area contributed by atoms with Gasteiger partial charge in [0.05, 0.1) is 12.2 Å². The summed E-state index contributed by atoms with van der Waals surface area (Å²) in [5.74, 6) is 1.57. The van der Waals surface area contributed by atoms with E-state index in [2.05, 4.69) is 22.0 Å². The molecule has 1 aliphatic heterocycles. The van der Waals surface area contributed by atoms with Crippen LogP contribution in [0.15, 0.2) is 12.1 Å². The van der Waals surface area contributed by atoms with Gasteiger partial charge in [-0.15, -0.1) is 10.2 Å². The van der Waals surface area contributed by atoms with Gasteiger partial charge in [-0.2, -0.15) is 5.26 Å². The highest BCUT2D eigenvalue weighted by atomic mass is 16.5. The van der Waals surface area contributed by atoms with Crippen molar-refractivity contribution < 1.29 is 4.74 Å². The van der Waals surface area contributed by atoms with E-state index in [-0.39, 0.29) is 6.10 Å². The third-order valence-electron chi connectivity index (χ3n) is 3.52. The first-order chi connectivity index (χ1) is 8.76. The molecule has 1 saturated heterocycles. The van der Waals surface area contributed by atoms with E-state index in [1.165, 1.54) is 12.8 Å². The van der Waals surface area contributed by atoms with E-state index in [1.54, 1.807) is 6.07 Å². The molecule has 2 atom stereocenters. The summed E-state index contributed by atoms with van der Waals surface area (Å²) in [6, 6.07) is 5.57. The minimum atomic E-state index is 0.224. The average Bonchev–Trinajstić information content (AvgIpc) is 3.22. The molecule has 1 saturated carbocycles. The molecule has 1 aromatic heterocycles. The van der Waals surface area contributed by atoms with Crippen molar-refractivity contribution in [2.45, 2.75) is 32.0 Å². The monoisotopic (exact) mass is 244 g/mol. The molecule has 18 heavy (non-hydrogen) atoms. The molecule has 0 spiro atoms. The molecule has 0 radical (unpaired) electrons. The Hall–Kier alpha value is -1.67. The topological polar surface area (TPSA) is 62.0 Å². The summed E-state index contributed by atoms with van der Waals surface area (Å²) in [7, 11) is 0. The van der Waals surface area contributed by atoms with Crippen molar-refractivity contribution in [3.8, 4) is 6.07 Å².